The zero-order valence-corrected chi connectivity index (χ0v) is 9.15. The first kappa shape index (κ1) is 9.09. The molecule has 78 valence electrons. The Balaban J connectivity index is 2.13. The average Bonchev–Trinajstić information content (AvgIpc) is 2.98. The fourth-order valence-corrected chi connectivity index (χ4v) is 2.00. The summed E-state index contributed by atoms with van der Waals surface area (Å²) in [5, 5.41) is 4.75. The van der Waals surface area contributed by atoms with E-state index < -0.39 is 0 Å². The van der Waals surface area contributed by atoms with Crippen LogP contribution in [0.4, 0.5) is 0 Å². The number of rotatable bonds is 2. The van der Waals surface area contributed by atoms with Gasteiger partial charge in [-0.2, -0.15) is 5.10 Å². The van der Waals surface area contributed by atoms with E-state index in [1.165, 1.54) is 12.8 Å². The van der Waals surface area contributed by atoms with Gasteiger partial charge in [0.25, 0.3) is 0 Å². The Morgan fingerprint density at radius 2 is 2.27 bits per heavy atom. The van der Waals surface area contributed by atoms with Crippen molar-refractivity contribution in [2.75, 3.05) is 0 Å². The standard InChI is InChI=1S/C10H11ClN4/c1-6(7-2-3-7)15-10-8(4-13-15)12-5-9(11)14-10/h4-7H,2-3H2,1H3/t6-/m1/s1. The van der Waals surface area contributed by atoms with E-state index in [0.717, 1.165) is 17.1 Å². The highest BCUT2D eigenvalue weighted by atomic mass is 35.5. The maximum atomic E-state index is 5.83. The van der Waals surface area contributed by atoms with Crippen molar-refractivity contribution in [2.24, 2.45) is 5.92 Å². The van der Waals surface area contributed by atoms with Gasteiger partial charge in [0.1, 0.15) is 10.7 Å². The summed E-state index contributed by atoms with van der Waals surface area (Å²) in [6.07, 6.45) is 5.88. The minimum absolute atomic E-state index is 0.398. The van der Waals surface area contributed by atoms with Crippen LogP contribution in [0.15, 0.2) is 12.4 Å². The van der Waals surface area contributed by atoms with Gasteiger partial charge in [-0.25, -0.2) is 14.6 Å². The van der Waals surface area contributed by atoms with Crippen molar-refractivity contribution >= 4 is 22.8 Å². The molecule has 1 fully saturated rings. The van der Waals surface area contributed by atoms with E-state index in [2.05, 4.69) is 22.0 Å². The quantitative estimate of drug-likeness (QED) is 0.784. The molecule has 0 N–H and O–H groups in total. The van der Waals surface area contributed by atoms with Gasteiger partial charge in [-0.15, -0.1) is 0 Å². The molecule has 0 aromatic carbocycles. The molecule has 0 spiro atoms. The molecule has 5 heteroatoms. The summed E-state index contributed by atoms with van der Waals surface area (Å²) < 4.78 is 1.94. The second-order valence-electron chi connectivity index (χ2n) is 4.07. The third-order valence-electron chi connectivity index (χ3n) is 2.96. The van der Waals surface area contributed by atoms with Gasteiger partial charge in [-0.3, -0.25) is 0 Å². The van der Waals surface area contributed by atoms with Crippen molar-refractivity contribution in [1.82, 2.24) is 19.7 Å². The molecule has 1 saturated carbocycles. The maximum absolute atomic E-state index is 5.83. The zero-order valence-electron chi connectivity index (χ0n) is 8.39. The van der Waals surface area contributed by atoms with E-state index in [1.54, 1.807) is 12.4 Å². The van der Waals surface area contributed by atoms with E-state index in [9.17, 15) is 0 Å². The van der Waals surface area contributed by atoms with Crippen LogP contribution >= 0.6 is 11.6 Å². The zero-order chi connectivity index (χ0) is 10.4. The highest BCUT2D eigenvalue weighted by molar-refractivity contribution is 6.29. The fourth-order valence-electron chi connectivity index (χ4n) is 1.88. The van der Waals surface area contributed by atoms with Crippen molar-refractivity contribution in [3.8, 4) is 0 Å². The van der Waals surface area contributed by atoms with Crippen LogP contribution in [0.1, 0.15) is 25.8 Å². The Morgan fingerprint density at radius 1 is 1.47 bits per heavy atom. The van der Waals surface area contributed by atoms with Crippen molar-refractivity contribution in [1.29, 1.82) is 0 Å². The topological polar surface area (TPSA) is 43.6 Å². The van der Waals surface area contributed by atoms with Gasteiger partial charge in [0, 0.05) is 0 Å². The number of nitrogens with zero attached hydrogens (tertiary/aromatic N) is 4. The van der Waals surface area contributed by atoms with Crippen molar-refractivity contribution in [3.05, 3.63) is 17.5 Å². The molecule has 0 saturated heterocycles. The Bertz CT molecular complexity index is 503. The number of aromatic nitrogens is 4. The largest absolute Gasteiger partial charge is 0.248 e. The van der Waals surface area contributed by atoms with Crippen LogP contribution in [-0.4, -0.2) is 19.7 Å². The lowest BCUT2D eigenvalue weighted by molar-refractivity contribution is 0.451. The number of halogens is 1. The van der Waals surface area contributed by atoms with Gasteiger partial charge < -0.3 is 0 Å². The van der Waals surface area contributed by atoms with Crippen LogP contribution in [0.5, 0.6) is 0 Å². The first-order valence-electron chi connectivity index (χ1n) is 5.11. The minimum Gasteiger partial charge on any atom is -0.248 e. The molecule has 0 aliphatic heterocycles. The number of fused-ring (bicyclic) bond motifs is 1. The van der Waals surface area contributed by atoms with Crippen LogP contribution in [0.2, 0.25) is 5.15 Å². The van der Waals surface area contributed by atoms with Crippen molar-refractivity contribution in [2.45, 2.75) is 25.8 Å². The molecule has 0 radical (unpaired) electrons. The summed E-state index contributed by atoms with van der Waals surface area (Å²) in [6.45, 7) is 2.17. The summed E-state index contributed by atoms with van der Waals surface area (Å²) >= 11 is 5.83. The molecule has 1 aliphatic rings. The molecule has 15 heavy (non-hydrogen) atoms. The molecular weight excluding hydrogens is 212 g/mol. The third kappa shape index (κ3) is 1.49. The lowest BCUT2D eigenvalue weighted by Gasteiger charge is -2.10. The van der Waals surface area contributed by atoms with Crippen LogP contribution in [-0.2, 0) is 0 Å². The average molecular weight is 223 g/mol. The molecule has 1 atom stereocenters. The second kappa shape index (κ2) is 3.17. The third-order valence-corrected chi connectivity index (χ3v) is 3.15. The van der Waals surface area contributed by atoms with Gasteiger partial charge in [0.2, 0.25) is 0 Å². The van der Waals surface area contributed by atoms with E-state index in [4.69, 9.17) is 11.6 Å². The lowest BCUT2D eigenvalue weighted by atomic mass is 10.2. The van der Waals surface area contributed by atoms with Gasteiger partial charge >= 0.3 is 0 Å². The van der Waals surface area contributed by atoms with E-state index in [0.29, 0.717) is 11.2 Å². The smallest absolute Gasteiger partial charge is 0.178 e. The van der Waals surface area contributed by atoms with Gasteiger partial charge in [0.05, 0.1) is 18.4 Å². The SMILES string of the molecule is C[C@H](C1CC1)n1ncc2ncc(Cl)nc21. The normalized spacial score (nSPS) is 18.3. The van der Waals surface area contributed by atoms with Crippen LogP contribution in [0.25, 0.3) is 11.2 Å². The number of hydrogen-bond acceptors (Lipinski definition) is 3. The highest BCUT2D eigenvalue weighted by Crippen LogP contribution is 2.39. The molecule has 3 rings (SSSR count). The molecule has 4 nitrogen and oxygen atoms in total. The second-order valence-corrected chi connectivity index (χ2v) is 4.46. The Kier molecular flexibility index (Phi) is 1.92. The molecule has 0 unspecified atom stereocenters. The van der Waals surface area contributed by atoms with Crippen LogP contribution in [0, 0.1) is 5.92 Å². The molecule has 2 aromatic rings. The first-order valence-corrected chi connectivity index (χ1v) is 5.49. The molecular formula is C10H11ClN4. The van der Waals surface area contributed by atoms with E-state index in [-0.39, 0.29) is 0 Å². The summed E-state index contributed by atoms with van der Waals surface area (Å²) in [7, 11) is 0. The number of hydrogen-bond donors (Lipinski definition) is 0. The predicted molar refractivity (Wildman–Crippen MR) is 57.8 cm³/mol. The highest BCUT2D eigenvalue weighted by Gasteiger charge is 2.30. The summed E-state index contributed by atoms with van der Waals surface area (Å²) in [5.41, 5.74) is 1.61. The fraction of sp³-hybridized carbons (Fsp3) is 0.500. The summed E-state index contributed by atoms with van der Waals surface area (Å²) in [4.78, 5) is 8.46. The summed E-state index contributed by atoms with van der Waals surface area (Å²) in [5.74, 6) is 0.744. The van der Waals surface area contributed by atoms with Gasteiger partial charge in [-0.1, -0.05) is 11.6 Å². The van der Waals surface area contributed by atoms with E-state index in [1.807, 2.05) is 4.68 Å². The Morgan fingerprint density at radius 3 is 3.00 bits per heavy atom. The Labute approximate surface area is 92.3 Å². The maximum Gasteiger partial charge on any atom is 0.178 e. The van der Waals surface area contributed by atoms with Crippen LogP contribution < -0.4 is 0 Å². The summed E-state index contributed by atoms with van der Waals surface area (Å²) in [6, 6.07) is 0.398. The molecule has 2 aromatic heterocycles. The molecule has 0 amide bonds. The van der Waals surface area contributed by atoms with Crippen molar-refractivity contribution < 1.29 is 0 Å². The first-order chi connectivity index (χ1) is 7.25. The Hall–Kier alpha value is -1.16. The molecule has 2 heterocycles. The van der Waals surface area contributed by atoms with Crippen LogP contribution in [0.3, 0.4) is 0 Å². The van der Waals surface area contributed by atoms with Crippen molar-refractivity contribution in [3.63, 3.8) is 0 Å². The molecule has 1 aliphatic carbocycles. The monoisotopic (exact) mass is 222 g/mol. The van der Waals surface area contributed by atoms with E-state index >= 15 is 0 Å². The van der Waals surface area contributed by atoms with Gasteiger partial charge in [0.15, 0.2) is 5.65 Å². The minimum atomic E-state index is 0.398. The predicted octanol–water partition coefficient (Wildman–Crippen LogP) is 2.45. The molecule has 0 bridgehead atoms. The lowest BCUT2D eigenvalue weighted by Crippen LogP contribution is -2.09. The van der Waals surface area contributed by atoms with Gasteiger partial charge in [-0.05, 0) is 25.7 Å².